The average Bonchev–Trinajstić information content (AvgIpc) is 3.02. The monoisotopic (exact) mass is 297 g/mol. The van der Waals surface area contributed by atoms with E-state index in [1.807, 2.05) is 6.92 Å². The van der Waals surface area contributed by atoms with Crippen LogP contribution in [0.15, 0.2) is 11.4 Å². The number of nitrogens with zero attached hydrogens (tertiary/aromatic N) is 1. The topological polar surface area (TPSA) is 49.8 Å². The molecule has 2 heterocycles. The maximum Gasteiger partial charge on any atom is 0.407 e. The van der Waals surface area contributed by atoms with Crippen LogP contribution in [-0.4, -0.2) is 42.4 Å². The lowest BCUT2D eigenvalue weighted by Gasteiger charge is -2.28. The molecule has 112 valence electrons. The third kappa shape index (κ3) is 3.73. The quantitative estimate of drug-likeness (QED) is 0.875. The van der Waals surface area contributed by atoms with Gasteiger partial charge in [-0.05, 0) is 50.1 Å². The fraction of sp³-hybridized carbons (Fsp3) is 0.667. The maximum absolute atomic E-state index is 11.1. The van der Waals surface area contributed by atoms with Gasteiger partial charge in [-0.1, -0.05) is 0 Å². The molecular weight excluding hydrogens is 274 g/mol. The Hall–Kier alpha value is -1.07. The fourth-order valence-electron chi connectivity index (χ4n) is 2.85. The van der Waals surface area contributed by atoms with Crippen molar-refractivity contribution >= 4 is 17.4 Å². The molecule has 1 unspecified atom stereocenters. The molecule has 1 fully saturated rings. The Bertz CT molecular complexity index is 460. The molecule has 1 atom stereocenters. The van der Waals surface area contributed by atoms with Crippen LogP contribution in [0.25, 0.3) is 0 Å². The minimum Gasteiger partial charge on any atom is -0.465 e. The zero-order valence-corrected chi connectivity index (χ0v) is 13.0. The molecule has 1 N–H and O–H groups in total. The van der Waals surface area contributed by atoms with Gasteiger partial charge in [0.1, 0.15) is 0 Å². The molecule has 0 aliphatic carbocycles. The SMILES string of the molecule is CCOCC1(CCc2csc(C)c2)CCN(C(=O)O)C1. The minimum absolute atomic E-state index is 0.00968. The van der Waals surface area contributed by atoms with Gasteiger partial charge in [0.15, 0.2) is 0 Å². The van der Waals surface area contributed by atoms with Gasteiger partial charge >= 0.3 is 6.09 Å². The van der Waals surface area contributed by atoms with E-state index in [4.69, 9.17) is 9.84 Å². The first-order chi connectivity index (χ1) is 9.54. The molecule has 0 aromatic carbocycles. The van der Waals surface area contributed by atoms with Crippen LogP contribution in [0.1, 0.15) is 30.2 Å². The Morgan fingerprint density at radius 2 is 2.40 bits per heavy atom. The van der Waals surface area contributed by atoms with Crippen molar-refractivity contribution < 1.29 is 14.6 Å². The lowest BCUT2D eigenvalue weighted by molar-refractivity contribution is 0.0495. The summed E-state index contributed by atoms with van der Waals surface area (Å²) < 4.78 is 5.63. The van der Waals surface area contributed by atoms with Gasteiger partial charge in [-0.25, -0.2) is 4.79 Å². The Morgan fingerprint density at radius 1 is 1.60 bits per heavy atom. The van der Waals surface area contributed by atoms with Crippen LogP contribution in [0.2, 0.25) is 0 Å². The van der Waals surface area contributed by atoms with E-state index in [1.54, 1.807) is 11.3 Å². The summed E-state index contributed by atoms with van der Waals surface area (Å²) in [5, 5.41) is 11.3. The summed E-state index contributed by atoms with van der Waals surface area (Å²) in [6.45, 7) is 6.69. The molecule has 0 saturated carbocycles. The maximum atomic E-state index is 11.1. The molecule has 1 aliphatic rings. The van der Waals surface area contributed by atoms with Gasteiger partial charge in [0.25, 0.3) is 0 Å². The predicted molar refractivity (Wildman–Crippen MR) is 80.5 cm³/mol. The van der Waals surface area contributed by atoms with Crippen molar-refractivity contribution in [1.82, 2.24) is 4.90 Å². The number of carbonyl (C=O) groups is 1. The summed E-state index contributed by atoms with van der Waals surface area (Å²) in [5.41, 5.74) is 1.35. The Balaban J connectivity index is 1.98. The zero-order chi connectivity index (χ0) is 14.6. The summed E-state index contributed by atoms with van der Waals surface area (Å²) in [7, 11) is 0. The highest BCUT2D eigenvalue weighted by molar-refractivity contribution is 7.10. The number of rotatable bonds is 6. The van der Waals surface area contributed by atoms with Crippen LogP contribution >= 0.6 is 11.3 Å². The number of likely N-dealkylation sites (tertiary alicyclic amines) is 1. The third-order valence-electron chi connectivity index (χ3n) is 4.05. The number of amides is 1. The highest BCUT2D eigenvalue weighted by Crippen LogP contribution is 2.36. The van der Waals surface area contributed by atoms with Crippen LogP contribution in [0.3, 0.4) is 0 Å². The first-order valence-corrected chi connectivity index (χ1v) is 8.02. The van der Waals surface area contributed by atoms with Crippen molar-refractivity contribution in [3.05, 3.63) is 21.9 Å². The molecule has 1 saturated heterocycles. The van der Waals surface area contributed by atoms with E-state index in [-0.39, 0.29) is 5.41 Å². The Morgan fingerprint density at radius 3 is 2.95 bits per heavy atom. The predicted octanol–water partition coefficient (Wildman–Crippen LogP) is 3.40. The highest BCUT2D eigenvalue weighted by atomic mass is 32.1. The summed E-state index contributed by atoms with van der Waals surface area (Å²) in [5.74, 6) is 0. The van der Waals surface area contributed by atoms with Crippen LogP contribution in [-0.2, 0) is 11.2 Å². The van der Waals surface area contributed by atoms with E-state index >= 15 is 0 Å². The Labute approximate surface area is 124 Å². The highest BCUT2D eigenvalue weighted by Gasteiger charge is 2.39. The molecule has 0 bridgehead atoms. The van der Waals surface area contributed by atoms with Gasteiger partial charge in [0.2, 0.25) is 0 Å². The average molecular weight is 297 g/mol. The second kappa shape index (κ2) is 6.59. The third-order valence-corrected chi connectivity index (χ3v) is 4.96. The van der Waals surface area contributed by atoms with E-state index in [0.717, 1.165) is 19.3 Å². The molecule has 0 spiro atoms. The van der Waals surface area contributed by atoms with E-state index in [2.05, 4.69) is 18.4 Å². The number of hydrogen-bond donors (Lipinski definition) is 1. The summed E-state index contributed by atoms with van der Waals surface area (Å²) in [6.07, 6.45) is 2.09. The molecule has 2 rings (SSSR count). The second-order valence-electron chi connectivity index (χ2n) is 5.66. The van der Waals surface area contributed by atoms with Crippen molar-refractivity contribution in [3.8, 4) is 0 Å². The van der Waals surface area contributed by atoms with Crippen LogP contribution in [0.4, 0.5) is 4.79 Å². The molecule has 4 nitrogen and oxygen atoms in total. The van der Waals surface area contributed by atoms with Gasteiger partial charge in [0.05, 0.1) is 6.61 Å². The van der Waals surface area contributed by atoms with Crippen molar-refractivity contribution in [1.29, 1.82) is 0 Å². The lowest BCUT2D eigenvalue weighted by atomic mass is 9.82. The molecule has 1 aliphatic heterocycles. The van der Waals surface area contributed by atoms with Gasteiger partial charge < -0.3 is 14.7 Å². The summed E-state index contributed by atoms with van der Waals surface area (Å²) in [6, 6.07) is 2.23. The first-order valence-electron chi connectivity index (χ1n) is 7.14. The smallest absolute Gasteiger partial charge is 0.407 e. The van der Waals surface area contributed by atoms with Crippen molar-refractivity contribution in [3.63, 3.8) is 0 Å². The van der Waals surface area contributed by atoms with E-state index in [1.165, 1.54) is 15.3 Å². The molecule has 1 aromatic heterocycles. The Kier molecular flexibility index (Phi) is 5.05. The second-order valence-corrected chi connectivity index (χ2v) is 6.77. The van der Waals surface area contributed by atoms with Gasteiger partial charge in [0, 0.05) is 30.0 Å². The van der Waals surface area contributed by atoms with Crippen molar-refractivity contribution in [2.75, 3.05) is 26.3 Å². The number of carboxylic acid groups (broad SMARTS) is 1. The lowest BCUT2D eigenvalue weighted by Crippen LogP contribution is -2.34. The molecular formula is C15H23NO3S. The molecule has 20 heavy (non-hydrogen) atoms. The van der Waals surface area contributed by atoms with Gasteiger partial charge in [-0.15, -0.1) is 11.3 Å². The zero-order valence-electron chi connectivity index (χ0n) is 12.2. The largest absolute Gasteiger partial charge is 0.465 e. The fourth-order valence-corrected chi connectivity index (χ4v) is 3.59. The first kappa shape index (κ1) is 15.3. The number of aryl methyl sites for hydroxylation is 2. The summed E-state index contributed by atoms with van der Waals surface area (Å²) in [4.78, 5) is 14.0. The van der Waals surface area contributed by atoms with Gasteiger partial charge in [-0.2, -0.15) is 0 Å². The molecule has 5 heteroatoms. The van der Waals surface area contributed by atoms with E-state index in [9.17, 15) is 4.79 Å². The summed E-state index contributed by atoms with van der Waals surface area (Å²) >= 11 is 1.77. The van der Waals surface area contributed by atoms with E-state index < -0.39 is 6.09 Å². The molecule has 1 amide bonds. The van der Waals surface area contributed by atoms with Gasteiger partial charge in [-0.3, -0.25) is 0 Å². The van der Waals surface area contributed by atoms with Crippen molar-refractivity contribution in [2.24, 2.45) is 5.41 Å². The molecule has 1 aromatic rings. The number of hydrogen-bond acceptors (Lipinski definition) is 3. The van der Waals surface area contributed by atoms with Crippen LogP contribution < -0.4 is 0 Å². The number of thiophene rings is 1. The standard InChI is InChI=1S/C15H23NO3S/c1-3-19-11-15(6-7-16(10-15)14(17)18)5-4-13-8-12(2)20-9-13/h8-9H,3-7,10-11H2,1-2H3,(H,17,18). The van der Waals surface area contributed by atoms with Crippen molar-refractivity contribution in [2.45, 2.75) is 33.1 Å². The van der Waals surface area contributed by atoms with E-state index in [0.29, 0.717) is 26.3 Å². The molecule has 0 radical (unpaired) electrons. The van der Waals surface area contributed by atoms with Crippen LogP contribution in [0, 0.1) is 12.3 Å². The van der Waals surface area contributed by atoms with Crippen LogP contribution in [0.5, 0.6) is 0 Å². The normalized spacial score (nSPS) is 22.4. The number of ether oxygens (including phenoxy) is 1. The minimum atomic E-state index is -0.810.